The highest BCUT2D eigenvalue weighted by molar-refractivity contribution is 5.47. The monoisotopic (exact) mass is 235 g/mol. The van der Waals surface area contributed by atoms with E-state index in [1.807, 2.05) is 26.1 Å². The van der Waals surface area contributed by atoms with Crippen molar-refractivity contribution in [2.45, 2.75) is 31.9 Å². The van der Waals surface area contributed by atoms with Gasteiger partial charge in [0.2, 0.25) is 0 Å². The summed E-state index contributed by atoms with van der Waals surface area (Å²) < 4.78 is 0. The Morgan fingerprint density at radius 3 is 2.88 bits per heavy atom. The van der Waals surface area contributed by atoms with Gasteiger partial charge in [0.15, 0.2) is 0 Å². The van der Waals surface area contributed by atoms with Crippen LogP contribution in [0.15, 0.2) is 18.3 Å². The molecule has 1 aromatic rings. The van der Waals surface area contributed by atoms with E-state index in [9.17, 15) is 5.11 Å². The summed E-state index contributed by atoms with van der Waals surface area (Å²) >= 11 is 0. The molecule has 0 bridgehead atoms. The van der Waals surface area contributed by atoms with Crippen molar-refractivity contribution in [3.8, 4) is 0 Å². The van der Waals surface area contributed by atoms with Gasteiger partial charge in [-0.15, -0.1) is 0 Å². The molecule has 3 N–H and O–H groups in total. The highest BCUT2D eigenvalue weighted by Crippen LogP contribution is 2.30. The zero-order valence-corrected chi connectivity index (χ0v) is 10.5. The molecule has 1 atom stereocenters. The molecule has 0 aliphatic heterocycles. The topological polar surface area (TPSA) is 62.4 Å². The molecule has 0 aromatic carbocycles. The van der Waals surface area contributed by atoms with Crippen molar-refractivity contribution in [3.05, 3.63) is 23.9 Å². The maximum Gasteiger partial charge on any atom is 0.133 e. The number of aromatic nitrogens is 1. The van der Waals surface area contributed by atoms with Crippen molar-refractivity contribution in [1.29, 1.82) is 0 Å². The Hall–Kier alpha value is -1.13. The molecule has 94 valence electrons. The average Bonchev–Trinajstić information content (AvgIpc) is 2.27. The predicted molar refractivity (Wildman–Crippen MR) is 68.8 cm³/mol. The van der Waals surface area contributed by atoms with Gasteiger partial charge in [-0.25, -0.2) is 4.98 Å². The van der Waals surface area contributed by atoms with Crippen LogP contribution in [0.25, 0.3) is 0 Å². The number of nitrogens with zero attached hydrogens (tertiary/aromatic N) is 2. The van der Waals surface area contributed by atoms with Gasteiger partial charge in [0.25, 0.3) is 0 Å². The Morgan fingerprint density at radius 2 is 2.29 bits per heavy atom. The molecule has 1 aliphatic rings. The fraction of sp³-hybridized carbons (Fsp3) is 0.615. The van der Waals surface area contributed by atoms with E-state index in [0.717, 1.165) is 30.8 Å². The van der Waals surface area contributed by atoms with Gasteiger partial charge in [-0.05, 0) is 31.7 Å². The first-order valence-electron chi connectivity index (χ1n) is 6.17. The molecule has 1 aromatic heterocycles. The van der Waals surface area contributed by atoms with Crippen LogP contribution in [-0.2, 0) is 0 Å². The molecule has 4 nitrogen and oxygen atoms in total. The Balaban J connectivity index is 2.05. The van der Waals surface area contributed by atoms with E-state index >= 15 is 0 Å². The van der Waals surface area contributed by atoms with Gasteiger partial charge in [-0.1, -0.05) is 6.07 Å². The van der Waals surface area contributed by atoms with E-state index in [1.54, 1.807) is 6.20 Å². The van der Waals surface area contributed by atoms with Crippen LogP contribution >= 0.6 is 0 Å². The Labute approximate surface area is 102 Å². The fourth-order valence-electron chi connectivity index (χ4n) is 2.41. The van der Waals surface area contributed by atoms with E-state index in [1.165, 1.54) is 0 Å². The maximum absolute atomic E-state index is 9.29. The molecule has 2 rings (SSSR count). The van der Waals surface area contributed by atoms with Crippen molar-refractivity contribution < 1.29 is 5.11 Å². The molecular formula is C13H21N3O. The van der Waals surface area contributed by atoms with E-state index < -0.39 is 0 Å². The summed E-state index contributed by atoms with van der Waals surface area (Å²) in [6.07, 6.45) is 3.52. The molecule has 4 heteroatoms. The van der Waals surface area contributed by atoms with Gasteiger partial charge in [0.1, 0.15) is 5.82 Å². The number of pyridine rings is 1. The standard InChI is InChI=1S/C13H21N3O/c1-9(14)12-4-3-5-15-13(12)16(2)8-10-6-11(17)7-10/h3-5,9-11,17H,6-8,14H2,1-2H3/t9-,10?,11?/m1/s1. The Bertz CT molecular complexity index is 375. The number of hydrogen-bond acceptors (Lipinski definition) is 4. The minimum atomic E-state index is -0.0926. The number of aliphatic hydroxyl groups excluding tert-OH is 1. The molecule has 1 aliphatic carbocycles. The first kappa shape index (κ1) is 12.3. The van der Waals surface area contributed by atoms with Gasteiger partial charge in [-0.3, -0.25) is 0 Å². The SMILES string of the molecule is C[C@@H](N)c1cccnc1N(C)CC1CC(O)C1. The third kappa shape index (κ3) is 2.76. The minimum absolute atomic E-state index is 0.00636. The molecule has 0 spiro atoms. The third-order valence-corrected chi connectivity index (χ3v) is 3.41. The molecule has 0 saturated heterocycles. The number of rotatable bonds is 4. The smallest absolute Gasteiger partial charge is 0.133 e. The van der Waals surface area contributed by atoms with Crippen LogP contribution in [0.1, 0.15) is 31.4 Å². The first-order valence-corrected chi connectivity index (χ1v) is 6.17. The highest BCUT2D eigenvalue weighted by atomic mass is 16.3. The molecule has 1 fully saturated rings. The third-order valence-electron chi connectivity index (χ3n) is 3.41. The van der Waals surface area contributed by atoms with Crippen LogP contribution in [0.5, 0.6) is 0 Å². The van der Waals surface area contributed by atoms with E-state index in [-0.39, 0.29) is 12.1 Å². The summed E-state index contributed by atoms with van der Waals surface area (Å²) in [6.45, 7) is 2.91. The zero-order valence-electron chi connectivity index (χ0n) is 10.5. The molecule has 0 amide bonds. The zero-order chi connectivity index (χ0) is 12.4. The van der Waals surface area contributed by atoms with Crippen LogP contribution in [0, 0.1) is 5.92 Å². The number of anilines is 1. The molecule has 0 unspecified atom stereocenters. The van der Waals surface area contributed by atoms with Crippen molar-refractivity contribution in [3.63, 3.8) is 0 Å². The summed E-state index contributed by atoms with van der Waals surface area (Å²) in [5.41, 5.74) is 7.02. The van der Waals surface area contributed by atoms with Crippen LogP contribution in [-0.4, -0.2) is 29.8 Å². The van der Waals surface area contributed by atoms with Crippen molar-refractivity contribution in [2.24, 2.45) is 11.7 Å². The maximum atomic E-state index is 9.29. The van der Waals surface area contributed by atoms with Gasteiger partial charge < -0.3 is 15.7 Å². The van der Waals surface area contributed by atoms with Crippen molar-refractivity contribution in [1.82, 2.24) is 4.98 Å². The normalized spacial score (nSPS) is 25.2. The predicted octanol–water partition coefficient (Wildman–Crippen LogP) is 1.31. The van der Waals surface area contributed by atoms with E-state index in [0.29, 0.717) is 5.92 Å². The number of nitrogens with two attached hydrogens (primary N) is 1. The van der Waals surface area contributed by atoms with Gasteiger partial charge in [-0.2, -0.15) is 0 Å². The lowest BCUT2D eigenvalue weighted by Gasteiger charge is -2.35. The number of hydrogen-bond donors (Lipinski definition) is 2. The second-order valence-corrected chi connectivity index (χ2v) is 5.08. The molecular weight excluding hydrogens is 214 g/mol. The number of aliphatic hydroxyl groups is 1. The van der Waals surface area contributed by atoms with Crippen LogP contribution in [0.2, 0.25) is 0 Å². The second-order valence-electron chi connectivity index (χ2n) is 5.08. The Morgan fingerprint density at radius 1 is 1.59 bits per heavy atom. The van der Waals surface area contributed by atoms with Crippen molar-refractivity contribution >= 4 is 5.82 Å². The van der Waals surface area contributed by atoms with Gasteiger partial charge in [0, 0.05) is 31.4 Å². The fourth-order valence-corrected chi connectivity index (χ4v) is 2.41. The highest BCUT2D eigenvalue weighted by Gasteiger charge is 2.28. The summed E-state index contributed by atoms with van der Waals surface area (Å²) in [5.74, 6) is 1.54. The summed E-state index contributed by atoms with van der Waals surface area (Å²) in [4.78, 5) is 6.56. The first-order chi connectivity index (χ1) is 8.08. The largest absolute Gasteiger partial charge is 0.393 e. The van der Waals surface area contributed by atoms with Crippen LogP contribution in [0.4, 0.5) is 5.82 Å². The van der Waals surface area contributed by atoms with E-state index in [4.69, 9.17) is 5.73 Å². The molecule has 0 radical (unpaired) electrons. The van der Waals surface area contributed by atoms with Gasteiger partial charge >= 0.3 is 0 Å². The summed E-state index contributed by atoms with van der Waals surface area (Å²) in [7, 11) is 2.04. The summed E-state index contributed by atoms with van der Waals surface area (Å²) in [5, 5.41) is 9.29. The van der Waals surface area contributed by atoms with Gasteiger partial charge in [0.05, 0.1) is 6.10 Å². The summed E-state index contributed by atoms with van der Waals surface area (Å²) in [6, 6.07) is 3.94. The molecule has 1 saturated carbocycles. The Kier molecular flexibility index (Phi) is 3.64. The van der Waals surface area contributed by atoms with Crippen LogP contribution in [0.3, 0.4) is 0 Å². The lowest BCUT2D eigenvalue weighted by atomic mass is 9.82. The second kappa shape index (κ2) is 5.02. The van der Waals surface area contributed by atoms with Crippen LogP contribution < -0.4 is 10.6 Å². The minimum Gasteiger partial charge on any atom is -0.393 e. The molecule has 17 heavy (non-hydrogen) atoms. The van der Waals surface area contributed by atoms with E-state index in [2.05, 4.69) is 9.88 Å². The lowest BCUT2D eigenvalue weighted by molar-refractivity contribution is 0.0464. The quantitative estimate of drug-likeness (QED) is 0.826. The lowest BCUT2D eigenvalue weighted by Crippen LogP contribution is -2.37. The average molecular weight is 235 g/mol. The molecule has 1 heterocycles. The van der Waals surface area contributed by atoms with Crippen molar-refractivity contribution in [2.75, 3.05) is 18.5 Å².